The Balaban J connectivity index is 1.62. The van der Waals surface area contributed by atoms with Crippen LogP contribution in [-0.2, 0) is 19.9 Å². The molecule has 0 aliphatic carbocycles. The molecule has 1 aliphatic rings. The van der Waals surface area contributed by atoms with Gasteiger partial charge in [0.25, 0.3) is 0 Å². The third-order valence-electron chi connectivity index (χ3n) is 6.18. The Hall–Kier alpha value is -4.34. The minimum atomic E-state index is -1.26. The van der Waals surface area contributed by atoms with Gasteiger partial charge in [-0.05, 0) is 60.9 Å². The Morgan fingerprint density at radius 3 is 2.69 bits per heavy atom. The number of fused-ring (bicyclic) bond motifs is 1. The van der Waals surface area contributed by atoms with Gasteiger partial charge in [-0.25, -0.2) is 0 Å². The molecule has 1 unspecified atom stereocenters. The van der Waals surface area contributed by atoms with E-state index in [0.717, 1.165) is 5.39 Å². The van der Waals surface area contributed by atoms with Gasteiger partial charge in [-0.2, -0.15) is 0 Å². The highest BCUT2D eigenvalue weighted by Crippen LogP contribution is 2.39. The molecule has 0 spiro atoms. The third-order valence-corrected chi connectivity index (χ3v) is 6.18. The van der Waals surface area contributed by atoms with Gasteiger partial charge in [0, 0.05) is 24.0 Å². The summed E-state index contributed by atoms with van der Waals surface area (Å²) in [6.45, 7) is 0.677. The number of benzene rings is 2. The highest BCUT2D eigenvalue weighted by molar-refractivity contribution is 6.35. The van der Waals surface area contributed by atoms with Crippen LogP contribution in [0.4, 0.5) is 0 Å². The van der Waals surface area contributed by atoms with Gasteiger partial charge in [-0.1, -0.05) is 6.07 Å². The number of nitrogens with two attached hydrogens (primary N) is 1. The lowest BCUT2D eigenvalue weighted by Crippen LogP contribution is -2.60. The molecule has 1 fully saturated rings. The predicted molar refractivity (Wildman–Crippen MR) is 127 cm³/mol. The van der Waals surface area contributed by atoms with Crippen LogP contribution in [0.1, 0.15) is 30.4 Å². The number of carbonyl (C=O) groups is 3. The molecule has 4 rings (SSSR count). The molecule has 35 heavy (non-hydrogen) atoms. The largest absolute Gasteiger partial charge is 0.494 e. The van der Waals surface area contributed by atoms with Crippen LogP contribution in [-0.4, -0.2) is 53.3 Å². The van der Waals surface area contributed by atoms with E-state index < -0.39 is 23.3 Å². The Bertz CT molecular complexity index is 1270. The fraction of sp³-hybridized carbons (Fsp3) is 0.280. The Labute approximate surface area is 201 Å². The third kappa shape index (κ3) is 4.96. The number of nitrogens with one attached hydrogen (secondary N) is 2. The van der Waals surface area contributed by atoms with E-state index in [4.69, 9.17) is 20.3 Å². The first-order valence-corrected chi connectivity index (χ1v) is 11.2. The maximum absolute atomic E-state index is 12.9. The number of nitrogen functional groups attached to an aromatic ring is 1. The first kappa shape index (κ1) is 23.8. The van der Waals surface area contributed by atoms with Crippen molar-refractivity contribution in [2.24, 2.45) is 5.73 Å². The molecule has 0 radical (unpaired) electrons. The van der Waals surface area contributed by atoms with Crippen molar-refractivity contribution in [1.82, 2.24) is 10.2 Å². The molecule has 3 aromatic rings. The summed E-state index contributed by atoms with van der Waals surface area (Å²) in [6, 6.07) is 13.8. The molecule has 1 aliphatic heterocycles. The van der Waals surface area contributed by atoms with Gasteiger partial charge in [0.2, 0.25) is 0 Å². The predicted octanol–water partition coefficient (Wildman–Crippen LogP) is 2.20. The quantitative estimate of drug-likeness (QED) is 0.150. The Kier molecular flexibility index (Phi) is 6.72. The van der Waals surface area contributed by atoms with Crippen molar-refractivity contribution in [2.75, 3.05) is 19.7 Å². The Morgan fingerprint density at radius 1 is 1.20 bits per heavy atom. The van der Waals surface area contributed by atoms with Crippen molar-refractivity contribution in [3.8, 4) is 5.75 Å². The van der Waals surface area contributed by atoms with Crippen LogP contribution < -0.4 is 15.8 Å². The Morgan fingerprint density at radius 2 is 1.97 bits per heavy atom. The van der Waals surface area contributed by atoms with Crippen LogP contribution in [0.25, 0.3) is 11.0 Å². The number of rotatable bonds is 10. The van der Waals surface area contributed by atoms with Crippen molar-refractivity contribution < 1.29 is 28.6 Å². The molecule has 2 amide bonds. The van der Waals surface area contributed by atoms with Gasteiger partial charge in [0.05, 0.1) is 24.8 Å². The summed E-state index contributed by atoms with van der Waals surface area (Å²) in [7, 11) is 0. The van der Waals surface area contributed by atoms with Gasteiger partial charge < -0.3 is 30.2 Å². The molecule has 1 atom stereocenters. The molecule has 182 valence electrons. The smallest absolute Gasteiger partial charge is 0.312 e. The molecule has 5 N–H and O–H groups in total. The van der Waals surface area contributed by atoms with E-state index >= 15 is 0 Å². The van der Waals surface area contributed by atoms with Crippen molar-refractivity contribution in [1.29, 1.82) is 5.41 Å². The monoisotopic (exact) mass is 478 g/mol. The van der Waals surface area contributed by atoms with E-state index in [1.54, 1.807) is 42.5 Å². The number of amides is 2. The highest BCUT2D eigenvalue weighted by Gasteiger charge is 2.46. The number of aliphatic carboxylic acids is 1. The number of hydrogen-bond acceptors (Lipinski definition) is 6. The summed E-state index contributed by atoms with van der Waals surface area (Å²) in [5.41, 5.74) is 6.05. The number of hydrogen-bond donors (Lipinski definition) is 4. The fourth-order valence-electron chi connectivity index (χ4n) is 4.50. The first-order chi connectivity index (χ1) is 16.8. The summed E-state index contributed by atoms with van der Waals surface area (Å²) in [5.74, 6) is -2.06. The maximum Gasteiger partial charge on any atom is 0.312 e. The van der Waals surface area contributed by atoms with Crippen LogP contribution in [0.2, 0.25) is 0 Å². The minimum Gasteiger partial charge on any atom is -0.494 e. The van der Waals surface area contributed by atoms with E-state index in [9.17, 15) is 19.5 Å². The molecule has 1 aromatic heterocycles. The molecule has 0 bridgehead atoms. The lowest BCUT2D eigenvalue weighted by Gasteiger charge is -2.45. The molecule has 2 aromatic carbocycles. The van der Waals surface area contributed by atoms with E-state index in [0.29, 0.717) is 28.9 Å². The number of nitrogens with zero attached hydrogens (tertiary/aromatic N) is 1. The second-order valence-corrected chi connectivity index (χ2v) is 8.38. The number of ether oxygens (including phenoxy) is 1. The minimum absolute atomic E-state index is 0.0418. The van der Waals surface area contributed by atoms with Gasteiger partial charge in [-0.15, -0.1) is 0 Å². The maximum atomic E-state index is 12.9. The molecule has 0 saturated carbocycles. The first-order valence-electron chi connectivity index (χ1n) is 11.2. The zero-order valence-electron chi connectivity index (χ0n) is 19.0. The van der Waals surface area contributed by atoms with Crippen LogP contribution >= 0.6 is 0 Å². The number of carbonyl (C=O) groups excluding carboxylic acids is 2. The molecule has 10 heteroatoms. The number of carboxylic acids is 1. The van der Waals surface area contributed by atoms with Crippen LogP contribution in [0, 0.1) is 5.41 Å². The summed E-state index contributed by atoms with van der Waals surface area (Å²) in [5, 5.41) is 20.6. The topological polar surface area (TPSA) is 159 Å². The lowest BCUT2D eigenvalue weighted by atomic mass is 9.79. The van der Waals surface area contributed by atoms with Crippen molar-refractivity contribution in [2.45, 2.75) is 24.8 Å². The standard InChI is InChI=1S/C25H26N4O6/c26-22(27)16-2-5-19(6-3-16)34-12-1-9-25(15-21(30)31,29-11-10-28-23(32)24(29)33)18-4-7-20-17(14-18)8-13-35-20/h2-8,13-14H,1,9-12,15H2,(H3,26,27)(H,28,32)(H,30,31). The van der Waals surface area contributed by atoms with E-state index in [2.05, 4.69) is 5.32 Å². The van der Waals surface area contributed by atoms with E-state index in [-0.39, 0.29) is 38.4 Å². The van der Waals surface area contributed by atoms with Crippen LogP contribution in [0.5, 0.6) is 5.75 Å². The highest BCUT2D eigenvalue weighted by atomic mass is 16.5. The normalized spacial score (nSPS) is 15.5. The van der Waals surface area contributed by atoms with Crippen molar-refractivity contribution >= 4 is 34.6 Å². The number of carboxylic acid groups (broad SMARTS) is 1. The van der Waals surface area contributed by atoms with Crippen molar-refractivity contribution in [3.05, 3.63) is 65.9 Å². The SMILES string of the molecule is N=C(N)c1ccc(OCCCC(CC(=O)O)(c2ccc3occc3c2)N2CCNC(=O)C2=O)cc1. The van der Waals surface area contributed by atoms with Gasteiger partial charge >= 0.3 is 17.8 Å². The average molecular weight is 479 g/mol. The number of amidine groups is 1. The lowest BCUT2D eigenvalue weighted by molar-refractivity contribution is -0.157. The zero-order valence-corrected chi connectivity index (χ0v) is 19.0. The molecule has 1 saturated heterocycles. The number of furan rings is 1. The van der Waals surface area contributed by atoms with E-state index in [1.807, 2.05) is 6.07 Å². The average Bonchev–Trinajstić information content (AvgIpc) is 3.31. The molecule has 10 nitrogen and oxygen atoms in total. The zero-order chi connectivity index (χ0) is 25.0. The van der Waals surface area contributed by atoms with Crippen LogP contribution in [0.3, 0.4) is 0 Å². The summed E-state index contributed by atoms with van der Waals surface area (Å²) in [6.07, 6.45) is 1.84. The van der Waals surface area contributed by atoms with Gasteiger partial charge in [0.1, 0.15) is 17.2 Å². The number of piperazine rings is 1. The van der Waals surface area contributed by atoms with Crippen LogP contribution in [0.15, 0.2) is 59.2 Å². The van der Waals surface area contributed by atoms with Gasteiger partial charge in [0.15, 0.2) is 0 Å². The molecular weight excluding hydrogens is 452 g/mol. The van der Waals surface area contributed by atoms with Crippen molar-refractivity contribution in [3.63, 3.8) is 0 Å². The molecule has 2 heterocycles. The van der Waals surface area contributed by atoms with Gasteiger partial charge in [-0.3, -0.25) is 19.8 Å². The fourth-order valence-corrected chi connectivity index (χ4v) is 4.50. The summed E-state index contributed by atoms with van der Waals surface area (Å²) >= 11 is 0. The summed E-state index contributed by atoms with van der Waals surface area (Å²) in [4.78, 5) is 38.6. The molecular formula is C25H26N4O6. The second kappa shape index (κ2) is 9.88. The summed E-state index contributed by atoms with van der Waals surface area (Å²) < 4.78 is 11.2. The second-order valence-electron chi connectivity index (χ2n) is 8.38. The van der Waals surface area contributed by atoms with E-state index in [1.165, 1.54) is 11.2 Å².